The van der Waals surface area contributed by atoms with Crippen LogP contribution in [0.1, 0.15) is 22.6 Å². The molecule has 1 aliphatic carbocycles. The fourth-order valence-corrected chi connectivity index (χ4v) is 4.01. The van der Waals surface area contributed by atoms with Crippen molar-refractivity contribution >= 4 is 6.09 Å². The average Bonchev–Trinajstić information content (AvgIpc) is 3.09. The van der Waals surface area contributed by atoms with Gasteiger partial charge < -0.3 is 9.64 Å². The van der Waals surface area contributed by atoms with Crippen molar-refractivity contribution in [3.8, 4) is 11.1 Å². The Morgan fingerprint density at radius 2 is 1.48 bits per heavy atom. The molecule has 4 rings (SSSR count). The van der Waals surface area contributed by atoms with Gasteiger partial charge in [-0.1, -0.05) is 84.9 Å². The Kier molecular flexibility index (Phi) is 5.76. The molecule has 29 heavy (non-hydrogen) atoms. The summed E-state index contributed by atoms with van der Waals surface area (Å²) in [5.41, 5.74) is 6.11. The first-order valence-corrected chi connectivity index (χ1v) is 10.0. The Balaban J connectivity index is 1.44. The van der Waals surface area contributed by atoms with Gasteiger partial charge in [0.1, 0.15) is 6.61 Å². The first-order valence-electron chi connectivity index (χ1n) is 10.0. The largest absolute Gasteiger partial charge is 0.448 e. The number of hydrogen-bond acceptors (Lipinski definition) is 2. The fraction of sp³-hybridized carbons (Fsp3) is 0.192. The predicted molar refractivity (Wildman–Crippen MR) is 117 cm³/mol. The van der Waals surface area contributed by atoms with Gasteiger partial charge in [-0.2, -0.15) is 0 Å². The second-order valence-corrected chi connectivity index (χ2v) is 7.27. The van der Waals surface area contributed by atoms with Crippen molar-refractivity contribution in [1.82, 2.24) is 4.90 Å². The maximum absolute atomic E-state index is 12.8. The van der Waals surface area contributed by atoms with Crippen molar-refractivity contribution in [2.24, 2.45) is 0 Å². The minimum Gasteiger partial charge on any atom is -0.448 e. The van der Waals surface area contributed by atoms with Gasteiger partial charge in [0, 0.05) is 19.0 Å². The van der Waals surface area contributed by atoms with Crippen LogP contribution in [-0.4, -0.2) is 30.7 Å². The quantitative estimate of drug-likeness (QED) is 0.492. The molecule has 0 spiro atoms. The van der Waals surface area contributed by atoms with Crippen LogP contribution in [0.4, 0.5) is 4.79 Å². The van der Waals surface area contributed by atoms with Gasteiger partial charge in [-0.3, -0.25) is 0 Å². The summed E-state index contributed by atoms with van der Waals surface area (Å²) in [6, 6.07) is 26.9. The standard InChI is InChI=1S/C26H25NO2/c1-2-17-27(18-16-20-10-4-3-5-11-20)26(28)29-19-25-23-14-8-6-12-21(23)22-13-7-9-15-24(22)25/h2-15,25H,1,16-19H2. The summed E-state index contributed by atoms with van der Waals surface area (Å²) in [4.78, 5) is 14.5. The highest BCUT2D eigenvalue weighted by atomic mass is 16.6. The van der Waals surface area contributed by atoms with Crippen molar-refractivity contribution in [1.29, 1.82) is 0 Å². The van der Waals surface area contributed by atoms with E-state index in [1.807, 2.05) is 30.3 Å². The van der Waals surface area contributed by atoms with Gasteiger partial charge in [0.05, 0.1) is 0 Å². The van der Waals surface area contributed by atoms with E-state index in [-0.39, 0.29) is 12.0 Å². The third-order valence-corrected chi connectivity index (χ3v) is 5.46. The van der Waals surface area contributed by atoms with Gasteiger partial charge in [0.25, 0.3) is 0 Å². The monoisotopic (exact) mass is 383 g/mol. The maximum atomic E-state index is 12.8. The van der Waals surface area contributed by atoms with Gasteiger partial charge in [0.15, 0.2) is 0 Å². The van der Waals surface area contributed by atoms with Crippen LogP contribution < -0.4 is 0 Å². The Bertz CT molecular complexity index is 951. The lowest BCUT2D eigenvalue weighted by Crippen LogP contribution is -2.34. The van der Waals surface area contributed by atoms with Crippen LogP contribution in [0.3, 0.4) is 0 Å². The highest BCUT2D eigenvalue weighted by molar-refractivity contribution is 5.79. The molecule has 1 amide bonds. The van der Waals surface area contributed by atoms with Crippen molar-refractivity contribution in [3.05, 3.63) is 108 Å². The van der Waals surface area contributed by atoms with E-state index in [4.69, 9.17) is 4.74 Å². The Hall–Kier alpha value is -3.33. The van der Waals surface area contributed by atoms with Crippen LogP contribution in [0.5, 0.6) is 0 Å². The van der Waals surface area contributed by atoms with E-state index < -0.39 is 0 Å². The van der Waals surface area contributed by atoms with Gasteiger partial charge in [0.2, 0.25) is 0 Å². The van der Waals surface area contributed by atoms with Crippen molar-refractivity contribution in [2.75, 3.05) is 19.7 Å². The van der Waals surface area contributed by atoms with E-state index in [1.54, 1.807) is 11.0 Å². The molecular formula is C26H25NO2. The van der Waals surface area contributed by atoms with E-state index in [2.05, 4.69) is 55.1 Å². The summed E-state index contributed by atoms with van der Waals surface area (Å²) in [6.45, 7) is 5.20. The maximum Gasteiger partial charge on any atom is 0.410 e. The van der Waals surface area contributed by atoms with Crippen LogP contribution in [0.25, 0.3) is 11.1 Å². The summed E-state index contributed by atoms with van der Waals surface area (Å²) in [6.07, 6.45) is 2.24. The summed E-state index contributed by atoms with van der Waals surface area (Å²) in [7, 11) is 0. The molecule has 0 aliphatic heterocycles. The number of rotatable bonds is 7. The van der Waals surface area contributed by atoms with Crippen LogP contribution in [0, 0.1) is 0 Å². The molecule has 3 aromatic rings. The number of hydrogen-bond donors (Lipinski definition) is 0. The highest BCUT2D eigenvalue weighted by Crippen LogP contribution is 2.44. The Labute approximate surface area is 172 Å². The molecule has 1 aliphatic rings. The molecular weight excluding hydrogens is 358 g/mol. The van der Waals surface area contributed by atoms with Crippen LogP contribution in [-0.2, 0) is 11.2 Å². The predicted octanol–water partition coefficient (Wildman–Crippen LogP) is 5.67. The molecule has 3 aromatic carbocycles. The third-order valence-electron chi connectivity index (χ3n) is 5.46. The number of nitrogens with zero attached hydrogens (tertiary/aromatic N) is 1. The SMILES string of the molecule is C=CCN(CCc1ccccc1)C(=O)OCC1c2ccccc2-c2ccccc21. The van der Waals surface area contributed by atoms with Gasteiger partial charge in [-0.15, -0.1) is 6.58 Å². The normalized spacial score (nSPS) is 12.1. The van der Waals surface area contributed by atoms with Crippen molar-refractivity contribution < 1.29 is 9.53 Å². The molecule has 0 unspecified atom stereocenters. The first kappa shape index (κ1) is 19.0. The minimum atomic E-state index is -0.289. The second kappa shape index (κ2) is 8.78. The number of amides is 1. The molecule has 3 nitrogen and oxygen atoms in total. The minimum absolute atomic E-state index is 0.0751. The fourth-order valence-electron chi connectivity index (χ4n) is 4.01. The zero-order valence-corrected chi connectivity index (χ0v) is 16.5. The lowest BCUT2D eigenvalue weighted by atomic mass is 9.98. The number of carbonyl (C=O) groups is 1. The van der Waals surface area contributed by atoms with E-state index in [1.165, 1.54) is 27.8 Å². The summed E-state index contributed by atoms with van der Waals surface area (Å²) < 4.78 is 5.78. The summed E-state index contributed by atoms with van der Waals surface area (Å²) in [5.74, 6) is 0.0751. The summed E-state index contributed by atoms with van der Waals surface area (Å²) >= 11 is 0. The van der Waals surface area contributed by atoms with Crippen molar-refractivity contribution in [2.45, 2.75) is 12.3 Å². The van der Waals surface area contributed by atoms with E-state index >= 15 is 0 Å². The van der Waals surface area contributed by atoms with Gasteiger partial charge in [-0.05, 0) is 34.2 Å². The molecule has 146 valence electrons. The number of benzene rings is 3. The van der Waals surface area contributed by atoms with Crippen LogP contribution in [0.2, 0.25) is 0 Å². The third kappa shape index (κ3) is 4.09. The second-order valence-electron chi connectivity index (χ2n) is 7.27. The molecule has 0 saturated heterocycles. The molecule has 0 radical (unpaired) electrons. The van der Waals surface area contributed by atoms with E-state index in [0.717, 1.165) is 6.42 Å². The number of ether oxygens (including phenoxy) is 1. The van der Waals surface area contributed by atoms with Crippen LogP contribution >= 0.6 is 0 Å². The Morgan fingerprint density at radius 3 is 2.10 bits per heavy atom. The molecule has 0 saturated carbocycles. The molecule has 0 fully saturated rings. The highest BCUT2D eigenvalue weighted by Gasteiger charge is 2.29. The topological polar surface area (TPSA) is 29.5 Å². The smallest absolute Gasteiger partial charge is 0.410 e. The van der Waals surface area contributed by atoms with Crippen molar-refractivity contribution in [3.63, 3.8) is 0 Å². The lowest BCUT2D eigenvalue weighted by molar-refractivity contribution is 0.104. The average molecular weight is 383 g/mol. The first-order chi connectivity index (χ1) is 14.3. The van der Waals surface area contributed by atoms with Crippen LogP contribution in [0.15, 0.2) is 91.5 Å². The zero-order chi connectivity index (χ0) is 20.1. The molecule has 0 atom stereocenters. The molecule has 0 heterocycles. The summed E-state index contributed by atoms with van der Waals surface area (Å²) in [5, 5.41) is 0. The number of carbonyl (C=O) groups excluding carboxylic acids is 1. The zero-order valence-electron chi connectivity index (χ0n) is 16.5. The molecule has 3 heteroatoms. The molecule has 0 N–H and O–H groups in total. The molecule has 0 aromatic heterocycles. The van der Waals surface area contributed by atoms with E-state index in [0.29, 0.717) is 19.7 Å². The number of fused-ring (bicyclic) bond motifs is 3. The van der Waals surface area contributed by atoms with Gasteiger partial charge in [-0.25, -0.2) is 4.79 Å². The van der Waals surface area contributed by atoms with Gasteiger partial charge >= 0.3 is 6.09 Å². The molecule has 0 bridgehead atoms. The Morgan fingerprint density at radius 1 is 0.897 bits per heavy atom. The lowest BCUT2D eigenvalue weighted by Gasteiger charge is -2.22. The van der Waals surface area contributed by atoms with E-state index in [9.17, 15) is 4.79 Å².